The number of aromatic nitrogens is 4. The van der Waals surface area contributed by atoms with Gasteiger partial charge in [0, 0.05) is 30.2 Å². The highest BCUT2D eigenvalue weighted by molar-refractivity contribution is 7.14. The van der Waals surface area contributed by atoms with Crippen LogP contribution in [0.15, 0.2) is 24.4 Å². The molecule has 26 heavy (non-hydrogen) atoms. The van der Waals surface area contributed by atoms with E-state index in [0.717, 1.165) is 39.6 Å². The van der Waals surface area contributed by atoms with Crippen LogP contribution in [0.3, 0.4) is 0 Å². The average Bonchev–Trinajstić information content (AvgIpc) is 3.08. The molecule has 3 heterocycles. The SMILES string of the molecule is Cc1nnc(-c2ccc3cnc(NC(=O)CN4CCOCC4)nc3c2)s1. The molecule has 0 saturated carbocycles. The van der Waals surface area contributed by atoms with Crippen LogP contribution in [0.5, 0.6) is 0 Å². The summed E-state index contributed by atoms with van der Waals surface area (Å²) in [6, 6.07) is 5.86. The van der Waals surface area contributed by atoms with E-state index in [0.29, 0.717) is 25.7 Å². The summed E-state index contributed by atoms with van der Waals surface area (Å²) in [5.41, 5.74) is 1.71. The van der Waals surface area contributed by atoms with Crippen LogP contribution in [-0.4, -0.2) is 63.8 Å². The first-order valence-electron chi connectivity index (χ1n) is 8.34. The molecule has 134 valence electrons. The van der Waals surface area contributed by atoms with Gasteiger partial charge in [0.2, 0.25) is 11.9 Å². The molecule has 0 unspecified atom stereocenters. The van der Waals surface area contributed by atoms with E-state index in [1.165, 1.54) is 11.3 Å². The second kappa shape index (κ2) is 7.40. The molecule has 4 rings (SSSR count). The van der Waals surface area contributed by atoms with Crippen LogP contribution in [0.1, 0.15) is 5.01 Å². The molecule has 0 bridgehead atoms. The lowest BCUT2D eigenvalue weighted by molar-refractivity contribution is -0.118. The van der Waals surface area contributed by atoms with Crippen LogP contribution in [0.4, 0.5) is 5.95 Å². The molecule has 1 amide bonds. The van der Waals surface area contributed by atoms with Crippen molar-refractivity contribution in [1.82, 2.24) is 25.1 Å². The zero-order valence-corrected chi connectivity index (χ0v) is 15.1. The van der Waals surface area contributed by atoms with Gasteiger partial charge in [-0.25, -0.2) is 9.97 Å². The Labute approximate surface area is 154 Å². The maximum absolute atomic E-state index is 12.2. The van der Waals surface area contributed by atoms with Crippen LogP contribution in [0.2, 0.25) is 0 Å². The summed E-state index contributed by atoms with van der Waals surface area (Å²) < 4.78 is 5.29. The molecule has 9 heteroatoms. The molecule has 0 spiro atoms. The van der Waals surface area contributed by atoms with E-state index in [-0.39, 0.29) is 5.91 Å². The lowest BCUT2D eigenvalue weighted by Gasteiger charge is -2.25. The molecular weight excluding hydrogens is 352 g/mol. The fourth-order valence-electron chi connectivity index (χ4n) is 2.76. The van der Waals surface area contributed by atoms with Crippen molar-refractivity contribution in [2.75, 3.05) is 38.2 Å². The normalized spacial score (nSPS) is 15.3. The minimum Gasteiger partial charge on any atom is -0.379 e. The van der Waals surface area contributed by atoms with Crippen molar-refractivity contribution in [2.24, 2.45) is 0 Å². The number of benzene rings is 1. The molecule has 1 aromatic carbocycles. The Morgan fingerprint density at radius 3 is 2.92 bits per heavy atom. The Bertz CT molecular complexity index is 938. The molecule has 1 aliphatic rings. The lowest BCUT2D eigenvalue weighted by Crippen LogP contribution is -2.41. The summed E-state index contributed by atoms with van der Waals surface area (Å²) in [5, 5.41) is 13.7. The second-order valence-corrected chi connectivity index (χ2v) is 7.21. The van der Waals surface area contributed by atoms with Gasteiger partial charge in [0.15, 0.2) is 0 Å². The molecular formula is C17H18N6O2S. The highest BCUT2D eigenvalue weighted by Gasteiger charge is 2.15. The summed E-state index contributed by atoms with van der Waals surface area (Å²) in [4.78, 5) is 23.0. The average molecular weight is 370 g/mol. The highest BCUT2D eigenvalue weighted by atomic mass is 32.1. The minimum atomic E-state index is -0.123. The van der Waals surface area contributed by atoms with E-state index in [2.05, 4.69) is 30.4 Å². The first kappa shape index (κ1) is 17.0. The number of anilines is 1. The summed E-state index contributed by atoms with van der Waals surface area (Å²) >= 11 is 1.53. The molecule has 1 aliphatic heterocycles. The van der Waals surface area contributed by atoms with Crippen LogP contribution in [-0.2, 0) is 9.53 Å². The minimum absolute atomic E-state index is 0.123. The Morgan fingerprint density at radius 1 is 1.31 bits per heavy atom. The standard InChI is InChI=1S/C17H18N6O2S/c1-11-21-22-16(26-11)12-2-3-13-9-18-17(19-14(13)8-12)20-15(24)10-23-4-6-25-7-5-23/h2-3,8-9H,4-7,10H2,1H3,(H,18,19,20,24). The highest BCUT2D eigenvalue weighted by Crippen LogP contribution is 2.26. The van der Waals surface area contributed by atoms with Gasteiger partial charge in [0.1, 0.15) is 10.0 Å². The summed E-state index contributed by atoms with van der Waals surface area (Å²) in [6.07, 6.45) is 1.71. The second-order valence-electron chi connectivity index (χ2n) is 6.03. The third-order valence-corrected chi connectivity index (χ3v) is 4.97. The number of carbonyl (C=O) groups is 1. The van der Waals surface area contributed by atoms with E-state index in [1.54, 1.807) is 6.20 Å². The van der Waals surface area contributed by atoms with Gasteiger partial charge >= 0.3 is 0 Å². The van der Waals surface area contributed by atoms with Gasteiger partial charge < -0.3 is 4.74 Å². The number of carbonyl (C=O) groups excluding carboxylic acids is 1. The van der Waals surface area contributed by atoms with Crippen LogP contribution >= 0.6 is 11.3 Å². The van der Waals surface area contributed by atoms with E-state index in [4.69, 9.17) is 4.74 Å². The first-order chi connectivity index (χ1) is 12.7. The van der Waals surface area contributed by atoms with Gasteiger partial charge in [-0.3, -0.25) is 15.0 Å². The van der Waals surface area contributed by atoms with Crippen molar-refractivity contribution in [3.63, 3.8) is 0 Å². The van der Waals surface area contributed by atoms with E-state index in [1.807, 2.05) is 25.1 Å². The maximum atomic E-state index is 12.2. The molecule has 2 aromatic heterocycles. The van der Waals surface area contributed by atoms with Gasteiger partial charge in [-0.05, 0) is 13.0 Å². The molecule has 1 N–H and O–H groups in total. The number of amides is 1. The van der Waals surface area contributed by atoms with Crippen LogP contribution in [0, 0.1) is 6.92 Å². The van der Waals surface area contributed by atoms with E-state index < -0.39 is 0 Å². The number of morpholine rings is 1. The van der Waals surface area contributed by atoms with Crippen molar-refractivity contribution in [3.8, 4) is 10.6 Å². The molecule has 0 radical (unpaired) electrons. The van der Waals surface area contributed by atoms with Crippen molar-refractivity contribution in [3.05, 3.63) is 29.4 Å². The number of fused-ring (bicyclic) bond motifs is 1. The van der Waals surface area contributed by atoms with Gasteiger partial charge in [-0.2, -0.15) is 0 Å². The zero-order chi connectivity index (χ0) is 17.9. The predicted octanol–water partition coefficient (Wildman–Crippen LogP) is 1.73. The van der Waals surface area contributed by atoms with Gasteiger partial charge in [-0.15, -0.1) is 10.2 Å². The summed E-state index contributed by atoms with van der Waals surface area (Å²) in [7, 11) is 0. The fourth-order valence-corrected chi connectivity index (χ4v) is 3.44. The Kier molecular flexibility index (Phi) is 4.83. The monoisotopic (exact) mass is 370 g/mol. The van der Waals surface area contributed by atoms with E-state index >= 15 is 0 Å². The largest absolute Gasteiger partial charge is 0.379 e. The van der Waals surface area contributed by atoms with Crippen molar-refractivity contribution < 1.29 is 9.53 Å². The van der Waals surface area contributed by atoms with Gasteiger partial charge in [0.25, 0.3) is 0 Å². The number of ether oxygens (including phenoxy) is 1. The van der Waals surface area contributed by atoms with Crippen molar-refractivity contribution in [2.45, 2.75) is 6.92 Å². The molecule has 3 aromatic rings. The first-order valence-corrected chi connectivity index (χ1v) is 9.16. The molecule has 1 saturated heterocycles. The maximum Gasteiger partial charge on any atom is 0.240 e. The Hall–Kier alpha value is -2.49. The number of nitrogens with zero attached hydrogens (tertiary/aromatic N) is 5. The number of hydrogen-bond donors (Lipinski definition) is 1. The zero-order valence-electron chi connectivity index (χ0n) is 14.3. The quantitative estimate of drug-likeness (QED) is 0.747. The topological polar surface area (TPSA) is 93.1 Å². The predicted molar refractivity (Wildman–Crippen MR) is 99.1 cm³/mol. The number of aryl methyl sites for hydroxylation is 1. The smallest absolute Gasteiger partial charge is 0.240 e. The fraction of sp³-hybridized carbons (Fsp3) is 0.353. The van der Waals surface area contributed by atoms with Crippen LogP contribution < -0.4 is 5.32 Å². The summed E-state index contributed by atoms with van der Waals surface area (Å²) in [5.74, 6) is 0.184. The Morgan fingerprint density at radius 2 is 2.15 bits per heavy atom. The number of nitrogens with one attached hydrogen (secondary N) is 1. The number of hydrogen-bond acceptors (Lipinski definition) is 8. The Balaban J connectivity index is 1.51. The third-order valence-electron chi connectivity index (χ3n) is 4.08. The molecule has 8 nitrogen and oxygen atoms in total. The van der Waals surface area contributed by atoms with Crippen LogP contribution in [0.25, 0.3) is 21.5 Å². The van der Waals surface area contributed by atoms with E-state index in [9.17, 15) is 4.79 Å². The van der Waals surface area contributed by atoms with Gasteiger partial charge in [-0.1, -0.05) is 23.5 Å². The van der Waals surface area contributed by atoms with Crippen molar-refractivity contribution >= 4 is 34.1 Å². The van der Waals surface area contributed by atoms with Crippen molar-refractivity contribution in [1.29, 1.82) is 0 Å². The summed E-state index contributed by atoms with van der Waals surface area (Å²) in [6.45, 7) is 5.08. The van der Waals surface area contributed by atoms with Gasteiger partial charge in [0.05, 0.1) is 25.3 Å². The number of rotatable bonds is 4. The third kappa shape index (κ3) is 3.85. The lowest BCUT2D eigenvalue weighted by atomic mass is 10.1. The molecule has 0 aliphatic carbocycles. The molecule has 1 fully saturated rings. The molecule has 0 atom stereocenters.